The van der Waals surface area contributed by atoms with Crippen molar-refractivity contribution in [3.8, 4) is 0 Å². The number of hydrazine groups is 1. The van der Waals surface area contributed by atoms with Crippen LogP contribution in [-0.2, 0) is 4.74 Å². The van der Waals surface area contributed by atoms with E-state index in [1.54, 1.807) is 6.07 Å². The number of nitrogens with two attached hydrogens (primary N) is 1. The molecule has 0 aliphatic heterocycles. The van der Waals surface area contributed by atoms with Gasteiger partial charge in [-0.05, 0) is 36.0 Å². The minimum Gasteiger partial charge on any atom is -0.453 e. The molecule has 0 spiro atoms. The van der Waals surface area contributed by atoms with Crippen molar-refractivity contribution in [3.05, 3.63) is 27.9 Å². The first kappa shape index (κ1) is 17.9. The van der Waals surface area contributed by atoms with E-state index in [4.69, 9.17) is 10.6 Å². The van der Waals surface area contributed by atoms with Crippen LogP contribution in [0.25, 0.3) is 11.6 Å². The molecule has 1 aromatic heterocycles. The summed E-state index contributed by atoms with van der Waals surface area (Å²) < 4.78 is 4.70. The summed E-state index contributed by atoms with van der Waals surface area (Å²) in [6, 6.07) is 1.51. The molecule has 0 aromatic carbocycles. The number of aromatic nitrogens is 1. The summed E-state index contributed by atoms with van der Waals surface area (Å²) in [5.74, 6) is 4.80. The number of methoxy groups -OCH3 is 1. The molecule has 24 heavy (non-hydrogen) atoms. The van der Waals surface area contributed by atoms with Gasteiger partial charge in [0.05, 0.1) is 18.5 Å². The van der Waals surface area contributed by atoms with Gasteiger partial charge >= 0.3 is 6.09 Å². The van der Waals surface area contributed by atoms with Crippen LogP contribution in [0.15, 0.2) is 6.07 Å². The highest BCUT2D eigenvalue weighted by Gasteiger charge is 2.26. The molecule has 1 heterocycles. The molecule has 0 saturated heterocycles. The molecule has 130 valence electrons. The lowest BCUT2D eigenvalue weighted by Gasteiger charge is -2.29. The number of ether oxygens (including phenoxy) is 1. The molecule has 2 amide bonds. The van der Waals surface area contributed by atoms with E-state index in [9.17, 15) is 9.59 Å². The van der Waals surface area contributed by atoms with Crippen LogP contribution < -0.4 is 27.2 Å². The van der Waals surface area contributed by atoms with Gasteiger partial charge < -0.3 is 10.1 Å². The molecule has 1 atom stereocenters. The first-order valence-corrected chi connectivity index (χ1v) is 7.76. The van der Waals surface area contributed by atoms with E-state index in [-0.39, 0.29) is 17.2 Å². The zero-order valence-corrected chi connectivity index (χ0v) is 14.7. The second kappa shape index (κ2) is 6.60. The number of hydrogen-bond acceptors (Lipinski definition) is 5. The maximum Gasteiger partial charge on any atom is 0.407 e. The molecule has 1 aliphatic carbocycles. The van der Waals surface area contributed by atoms with Crippen LogP contribution in [0.2, 0.25) is 0 Å². The Balaban J connectivity index is 2.70. The molecule has 0 fully saturated rings. The number of hydrogen-bond donors (Lipinski definition) is 3. The number of rotatable bonds is 2. The Bertz CT molecular complexity index is 793. The third kappa shape index (κ3) is 3.56. The molecule has 2 rings (SSSR count). The van der Waals surface area contributed by atoms with Crippen LogP contribution in [0.3, 0.4) is 0 Å². The summed E-state index contributed by atoms with van der Waals surface area (Å²) in [5, 5.41) is 4.52. The van der Waals surface area contributed by atoms with Gasteiger partial charge in [-0.15, -0.1) is 0 Å². The van der Waals surface area contributed by atoms with E-state index < -0.39 is 12.0 Å². The van der Waals surface area contributed by atoms with E-state index in [0.717, 1.165) is 21.7 Å². The van der Waals surface area contributed by atoms with Gasteiger partial charge in [-0.2, -0.15) is 0 Å². The fourth-order valence-corrected chi connectivity index (χ4v) is 2.85. The van der Waals surface area contributed by atoms with Gasteiger partial charge in [-0.1, -0.05) is 26.8 Å². The molecule has 7 nitrogen and oxygen atoms in total. The van der Waals surface area contributed by atoms with Gasteiger partial charge in [0.15, 0.2) is 0 Å². The van der Waals surface area contributed by atoms with Crippen molar-refractivity contribution in [1.82, 2.24) is 15.7 Å². The second-order valence-electron chi connectivity index (χ2n) is 6.90. The highest BCUT2D eigenvalue weighted by Crippen LogP contribution is 2.30. The fraction of sp³-hybridized carbons (Fsp3) is 0.471. The summed E-state index contributed by atoms with van der Waals surface area (Å²) in [5.41, 5.74) is 4.19. The number of nitrogens with zero attached hydrogens (tertiary/aromatic N) is 1. The lowest BCUT2D eigenvalue weighted by molar-refractivity contribution is 0.0948. The number of nitrogen functional groups attached to an aromatic ring is 1. The quantitative estimate of drug-likeness (QED) is 0.404. The lowest BCUT2D eigenvalue weighted by Crippen LogP contribution is -2.47. The number of fused-ring (bicyclic) bond motifs is 1. The number of aryl methyl sites for hydroxylation is 1. The fourth-order valence-electron chi connectivity index (χ4n) is 2.85. The van der Waals surface area contributed by atoms with Gasteiger partial charge in [0.25, 0.3) is 5.91 Å². The number of alkyl carbamates (subject to hydrolysis) is 1. The molecular weight excluding hydrogens is 308 g/mol. The molecule has 0 radical (unpaired) electrons. The Kier molecular flexibility index (Phi) is 4.94. The van der Waals surface area contributed by atoms with Crippen molar-refractivity contribution in [2.75, 3.05) is 7.11 Å². The van der Waals surface area contributed by atoms with Crippen molar-refractivity contribution in [1.29, 1.82) is 0 Å². The Morgan fingerprint density at radius 3 is 2.58 bits per heavy atom. The third-order valence-electron chi connectivity index (χ3n) is 4.10. The molecular formula is C17H24N4O3. The standard InChI is InChI=1S/C17H24N4O3/c1-9-6-13(15(22)21-18)20-14-11(9)7-10(19-16(23)24-5)8-12(14)17(2,3)4/h6-7,10H,8,18H2,1-5H3,(H,19,23)(H,21,22). The van der Waals surface area contributed by atoms with Crippen LogP contribution >= 0.6 is 0 Å². The largest absolute Gasteiger partial charge is 0.453 e. The molecule has 1 aromatic rings. The molecule has 4 N–H and O–H groups in total. The molecule has 7 heteroatoms. The van der Waals surface area contributed by atoms with Crippen LogP contribution in [-0.4, -0.2) is 30.1 Å². The summed E-state index contributed by atoms with van der Waals surface area (Å²) in [6.07, 6.45) is 2.08. The number of amides is 2. The van der Waals surface area contributed by atoms with E-state index >= 15 is 0 Å². The zero-order chi connectivity index (χ0) is 18.1. The Morgan fingerprint density at radius 2 is 2.04 bits per heavy atom. The molecule has 1 unspecified atom stereocenters. The lowest BCUT2D eigenvalue weighted by atomic mass is 9.79. The smallest absolute Gasteiger partial charge is 0.407 e. The van der Waals surface area contributed by atoms with Crippen LogP contribution in [0, 0.1) is 12.3 Å². The average Bonchev–Trinajstić information content (AvgIpc) is 2.52. The highest BCUT2D eigenvalue weighted by molar-refractivity contribution is 5.92. The van der Waals surface area contributed by atoms with Gasteiger partial charge in [0.1, 0.15) is 5.69 Å². The first-order chi connectivity index (χ1) is 11.2. The van der Waals surface area contributed by atoms with E-state index in [2.05, 4.69) is 36.5 Å². The topological polar surface area (TPSA) is 106 Å². The van der Waals surface area contributed by atoms with Gasteiger partial charge in [-0.3, -0.25) is 10.2 Å². The van der Waals surface area contributed by atoms with Crippen LogP contribution in [0.4, 0.5) is 4.79 Å². The second-order valence-corrected chi connectivity index (χ2v) is 6.90. The SMILES string of the molecule is COC(=O)NC1C=c2c(C)cc(C(=O)NN)nc2=C(C(C)(C)C)C1. The van der Waals surface area contributed by atoms with Crippen molar-refractivity contribution in [2.24, 2.45) is 11.3 Å². The maximum absolute atomic E-state index is 11.9. The Morgan fingerprint density at radius 1 is 1.38 bits per heavy atom. The van der Waals surface area contributed by atoms with Gasteiger partial charge in [0, 0.05) is 5.22 Å². The van der Waals surface area contributed by atoms with Crippen molar-refractivity contribution < 1.29 is 14.3 Å². The van der Waals surface area contributed by atoms with Crippen LogP contribution in [0.5, 0.6) is 0 Å². The van der Waals surface area contributed by atoms with Crippen molar-refractivity contribution in [3.63, 3.8) is 0 Å². The van der Waals surface area contributed by atoms with Gasteiger partial charge in [0.2, 0.25) is 0 Å². The minimum atomic E-state index is -0.474. The summed E-state index contributed by atoms with van der Waals surface area (Å²) in [7, 11) is 1.34. The van der Waals surface area contributed by atoms with E-state index in [0.29, 0.717) is 6.42 Å². The van der Waals surface area contributed by atoms with Crippen molar-refractivity contribution in [2.45, 2.75) is 40.2 Å². The highest BCUT2D eigenvalue weighted by atomic mass is 16.5. The predicted molar refractivity (Wildman–Crippen MR) is 91.2 cm³/mol. The van der Waals surface area contributed by atoms with E-state index in [1.165, 1.54) is 7.11 Å². The Labute approximate surface area is 140 Å². The van der Waals surface area contributed by atoms with E-state index in [1.807, 2.05) is 13.0 Å². The summed E-state index contributed by atoms with van der Waals surface area (Å²) >= 11 is 0. The first-order valence-electron chi connectivity index (χ1n) is 7.76. The normalized spacial score (nSPS) is 16.8. The van der Waals surface area contributed by atoms with Crippen LogP contribution in [0.1, 0.15) is 43.2 Å². The van der Waals surface area contributed by atoms with Gasteiger partial charge in [-0.25, -0.2) is 15.6 Å². The number of nitrogens with one attached hydrogen (secondary N) is 2. The molecule has 0 bridgehead atoms. The maximum atomic E-state index is 11.9. The number of pyridine rings is 1. The number of carbonyl (C=O) groups is 2. The monoisotopic (exact) mass is 332 g/mol. The zero-order valence-electron chi connectivity index (χ0n) is 14.7. The molecule has 1 aliphatic rings. The summed E-state index contributed by atoms with van der Waals surface area (Å²) in [6.45, 7) is 8.16. The third-order valence-corrected chi connectivity index (χ3v) is 4.10. The Hall–Kier alpha value is -2.41. The number of carbonyl (C=O) groups excluding carboxylic acids is 2. The minimum absolute atomic E-state index is 0.170. The molecule has 0 saturated carbocycles. The predicted octanol–water partition coefficient (Wildman–Crippen LogP) is 0.0991. The average molecular weight is 332 g/mol. The summed E-state index contributed by atoms with van der Waals surface area (Å²) in [4.78, 5) is 28.0. The van der Waals surface area contributed by atoms with Crippen molar-refractivity contribution >= 4 is 23.6 Å².